The summed E-state index contributed by atoms with van der Waals surface area (Å²) < 4.78 is 0. The molecule has 6 nitrogen and oxygen atoms in total. The lowest BCUT2D eigenvalue weighted by molar-refractivity contribution is -0.127. The van der Waals surface area contributed by atoms with Crippen LogP contribution in [0.4, 0.5) is 10.5 Å². The lowest BCUT2D eigenvalue weighted by Gasteiger charge is -2.31. The summed E-state index contributed by atoms with van der Waals surface area (Å²) in [7, 11) is 3.37. The van der Waals surface area contributed by atoms with E-state index in [-0.39, 0.29) is 24.3 Å². The van der Waals surface area contributed by atoms with Crippen molar-refractivity contribution in [2.45, 2.75) is 44.2 Å². The fraction of sp³-hybridized carbons (Fsp3) is 0.529. The predicted molar refractivity (Wildman–Crippen MR) is 98.2 cm³/mol. The first kappa shape index (κ1) is 20.3. The second-order valence-corrected chi connectivity index (χ2v) is 6.42. The molecule has 1 aliphatic carbocycles. The van der Waals surface area contributed by atoms with E-state index < -0.39 is 5.54 Å². The van der Waals surface area contributed by atoms with Crippen LogP contribution in [0.3, 0.4) is 0 Å². The van der Waals surface area contributed by atoms with Crippen LogP contribution in [-0.2, 0) is 11.3 Å². The largest absolute Gasteiger partial charge is 0.350 e. The molecule has 0 bridgehead atoms. The van der Waals surface area contributed by atoms with Crippen molar-refractivity contribution in [3.05, 3.63) is 29.8 Å². The fourth-order valence-corrected chi connectivity index (χ4v) is 2.76. The molecule has 4 N–H and O–H groups in total. The monoisotopic (exact) mass is 354 g/mol. The lowest BCUT2D eigenvalue weighted by atomic mass is 9.82. The third-order valence-corrected chi connectivity index (χ3v) is 4.24. The average Bonchev–Trinajstić information content (AvgIpc) is 2.53. The van der Waals surface area contributed by atoms with E-state index in [1.54, 1.807) is 14.1 Å². The molecule has 0 atom stereocenters. The summed E-state index contributed by atoms with van der Waals surface area (Å²) in [6, 6.07) is 7.25. The van der Waals surface area contributed by atoms with Crippen LogP contribution in [0.1, 0.15) is 37.7 Å². The van der Waals surface area contributed by atoms with Gasteiger partial charge in [-0.3, -0.25) is 4.79 Å². The number of hydrogen-bond acceptors (Lipinski definition) is 3. The Bertz CT molecular complexity index is 571. The predicted octanol–water partition coefficient (Wildman–Crippen LogP) is 2.48. The normalized spacial score (nSPS) is 15.8. The number of amides is 3. The van der Waals surface area contributed by atoms with Crippen molar-refractivity contribution < 1.29 is 9.59 Å². The van der Waals surface area contributed by atoms with Crippen LogP contribution in [0, 0.1) is 0 Å². The number of rotatable bonds is 4. The molecule has 0 unspecified atom stereocenters. The molecule has 1 aromatic carbocycles. The Labute approximate surface area is 149 Å². The van der Waals surface area contributed by atoms with Crippen LogP contribution in [-0.4, -0.2) is 36.5 Å². The van der Waals surface area contributed by atoms with Gasteiger partial charge in [0, 0.05) is 26.3 Å². The number of nitrogens with one attached hydrogen (secondary N) is 2. The maximum absolute atomic E-state index is 12.3. The van der Waals surface area contributed by atoms with Gasteiger partial charge < -0.3 is 21.3 Å². The van der Waals surface area contributed by atoms with Gasteiger partial charge in [-0.05, 0) is 30.5 Å². The summed E-state index contributed by atoms with van der Waals surface area (Å²) >= 11 is 0. The molecule has 0 heterocycles. The highest BCUT2D eigenvalue weighted by atomic mass is 35.5. The van der Waals surface area contributed by atoms with E-state index in [2.05, 4.69) is 10.6 Å². The summed E-state index contributed by atoms with van der Waals surface area (Å²) in [6.07, 6.45) is 4.67. The highest BCUT2D eigenvalue weighted by Gasteiger charge is 2.34. The summed E-state index contributed by atoms with van der Waals surface area (Å²) in [6.45, 7) is 0.406. The zero-order chi connectivity index (χ0) is 16.9. The molecule has 1 fully saturated rings. The molecule has 7 heteroatoms. The fourth-order valence-electron chi connectivity index (χ4n) is 2.76. The van der Waals surface area contributed by atoms with Crippen LogP contribution < -0.4 is 16.4 Å². The van der Waals surface area contributed by atoms with Crippen molar-refractivity contribution in [3.63, 3.8) is 0 Å². The Morgan fingerprint density at radius 2 is 1.88 bits per heavy atom. The number of halogens is 1. The Kier molecular flexibility index (Phi) is 7.51. The minimum Gasteiger partial charge on any atom is -0.350 e. The molecule has 0 spiro atoms. The highest BCUT2D eigenvalue weighted by Crippen LogP contribution is 2.26. The molecule has 0 radical (unpaired) electrons. The van der Waals surface area contributed by atoms with Crippen LogP contribution in [0.25, 0.3) is 0 Å². The molecule has 1 aromatic rings. The Morgan fingerprint density at radius 1 is 1.21 bits per heavy atom. The molecule has 2 rings (SSSR count). The van der Waals surface area contributed by atoms with Crippen LogP contribution >= 0.6 is 12.4 Å². The Balaban J connectivity index is 0.00000288. The first-order valence-electron chi connectivity index (χ1n) is 8.05. The van der Waals surface area contributed by atoms with Crippen LogP contribution in [0.2, 0.25) is 0 Å². The van der Waals surface area contributed by atoms with Gasteiger partial charge in [0.1, 0.15) is 0 Å². The quantitative estimate of drug-likeness (QED) is 0.776. The Morgan fingerprint density at radius 3 is 2.50 bits per heavy atom. The maximum atomic E-state index is 12.3. The Hall–Kier alpha value is -1.79. The third-order valence-electron chi connectivity index (χ3n) is 4.24. The van der Waals surface area contributed by atoms with Gasteiger partial charge in [0.15, 0.2) is 0 Å². The standard InChI is InChI=1S/C17H26N4O2.ClH/c1-21(2)16(23)20-14-8-6-7-13(11-14)12-19-15(22)17(18)9-4-3-5-10-17;/h6-8,11H,3-5,9-10,12,18H2,1-2H3,(H,19,22)(H,20,23);1H. The average molecular weight is 355 g/mol. The van der Waals surface area contributed by atoms with Crippen molar-refractivity contribution in [3.8, 4) is 0 Å². The van der Waals surface area contributed by atoms with E-state index in [0.717, 1.165) is 37.7 Å². The number of nitrogens with two attached hydrogens (primary N) is 1. The van der Waals surface area contributed by atoms with E-state index in [0.29, 0.717) is 12.2 Å². The van der Waals surface area contributed by atoms with E-state index in [9.17, 15) is 9.59 Å². The number of urea groups is 1. The van der Waals surface area contributed by atoms with Gasteiger partial charge in [0.25, 0.3) is 0 Å². The zero-order valence-electron chi connectivity index (χ0n) is 14.3. The number of anilines is 1. The van der Waals surface area contributed by atoms with Crippen LogP contribution in [0.5, 0.6) is 0 Å². The summed E-state index contributed by atoms with van der Waals surface area (Å²) in [5.74, 6) is -0.0834. The lowest BCUT2D eigenvalue weighted by Crippen LogP contribution is -2.54. The van der Waals surface area contributed by atoms with Crippen molar-refractivity contribution in [2.75, 3.05) is 19.4 Å². The number of carbonyl (C=O) groups is 2. The third kappa shape index (κ3) is 5.39. The second kappa shape index (κ2) is 8.89. The molecule has 134 valence electrons. The number of nitrogens with zero attached hydrogens (tertiary/aromatic N) is 1. The molecule has 24 heavy (non-hydrogen) atoms. The van der Waals surface area contributed by atoms with Crippen molar-refractivity contribution >= 4 is 30.0 Å². The molecule has 1 aliphatic rings. The number of benzene rings is 1. The first-order valence-corrected chi connectivity index (χ1v) is 8.05. The molecular weight excluding hydrogens is 328 g/mol. The summed E-state index contributed by atoms with van der Waals surface area (Å²) in [4.78, 5) is 25.5. The maximum Gasteiger partial charge on any atom is 0.321 e. The number of hydrogen-bond donors (Lipinski definition) is 3. The van der Waals surface area contributed by atoms with E-state index >= 15 is 0 Å². The summed E-state index contributed by atoms with van der Waals surface area (Å²) in [5.41, 5.74) is 7.12. The van der Waals surface area contributed by atoms with Crippen molar-refractivity contribution in [1.29, 1.82) is 0 Å². The SMILES string of the molecule is CN(C)C(=O)Nc1cccc(CNC(=O)C2(N)CCCCC2)c1.Cl. The number of carbonyl (C=O) groups excluding carboxylic acids is 2. The van der Waals surface area contributed by atoms with E-state index in [1.807, 2.05) is 24.3 Å². The molecule has 0 saturated heterocycles. The molecular formula is C17H27ClN4O2. The first-order chi connectivity index (χ1) is 10.9. The minimum absolute atomic E-state index is 0. The van der Waals surface area contributed by atoms with Gasteiger partial charge in [-0.2, -0.15) is 0 Å². The molecule has 0 aromatic heterocycles. The summed E-state index contributed by atoms with van der Waals surface area (Å²) in [5, 5.41) is 5.72. The van der Waals surface area contributed by atoms with Crippen LogP contribution in [0.15, 0.2) is 24.3 Å². The van der Waals surface area contributed by atoms with Crippen molar-refractivity contribution in [1.82, 2.24) is 10.2 Å². The highest BCUT2D eigenvalue weighted by molar-refractivity contribution is 5.89. The molecule has 1 saturated carbocycles. The smallest absolute Gasteiger partial charge is 0.321 e. The molecule has 0 aliphatic heterocycles. The van der Waals surface area contributed by atoms with Gasteiger partial charge in [-0.15, -0.1) is 12.4 Å². The van der Waals surface area contributed by atoms with Crippen molar-refractivity contribution in [2.24, 2.45) is 5.73 Å². The van der Waals surface area contributed by atoms with Gasteiger partial charge in [-0.25, -0.2) is 4.79 Å². The van der Waals surface area contributed by atoms with Gasteiger partial charge in [0.05, 0.1) is 5.54 Å². The second-order valence-electron chi connectivity index (χ2n) is 6.42. The minimum atomic E-state index is -0.727. The van der Waals surface area contributed by atoms with Gasteiger partial charge >= 0.3 is 6.03 Å². The topological polar surface area (TPSA) is 87.5 Å². The molecule has 3 amide bonds. The van der Waals surface area contributed by atoms with E-state index in [4.69, 9.17) is 5.73 Å². The van der Waals surface area contributed by atoms with E-state index in [1.165, 1.54) is 4.90 Å². The van der Waals surface area contributed by atoms with Gasteiger partial charge in [0.2, 0.25) is 5.91 Å². The zero-order valence-corrected chi connectivity index (χ0v) is 15.1. The van der Waals surface area contributed by atoms with Gasteiger partial charge in [-0.1, -0.05) is 31.4 Å².